The SMILES string of the molecule is C/C(=C\C(O)(c1cc(Cl)cc(Cl)c1)C(F)(F)F)c1ccc(-n2cncn2)cc1. The monoisotopic (exact) mass is 427 g/mol. The molecule has 0 amide bonds. The quantitative estimate of drug-likeness (QED) is 0.603. The molecule has 1 atom stereocenters. The number of benzene rings is 2. The lowest BCUT2D eigenvalue weighted by Crippen LogP contribution is -2.40. The normalized spacial score (nSPS) is 14.8. The van der Waals surface area contributed by atoms with E-state index in [-0.39, 0.29) is 15.6 Å². The molecular formula is C19H14Cl2F3N3O. The van der Waals surface area contributed by atoms with Crippen LogP contribution in [0.1, 0.15) is 18.1 Å². The lowest BCUT2D eigenvalue weighted by atomic mass is 9.89. The van der Waals surface area contributed by atoms with E-state index in [1.54, 1.807) is 24.3 Å². The largest absolute Gasteiger partial charge is 0.425 e. The Balaban J connectivity index is 2.03. The molecule has 1 heterocycles. The Hall–Kier alpha value is -2.35. The summed E-state index contributed by atoms with van der Waals surface area (Å²) >= 11 is 11.7. The summed E-state index contributed by atoms with van der Waals surface area (Å²) in [6.45, 7) is 1.48. The van der Waals surface area contributed by atoms with E-state index < -0.39 is 17.3 Å². The molecule has 1 unspecified atom stereocenters. The second-order valence-corrected chi connectivity index (χ2v) is 7.01. The zero-order valence-corrected chi connectivity index (χ0v) is 16.0. The van der Waals surface area contributed by atoms with E-state index in [4.69, 9.17) is 23.2 Å². The van der Waals surface area contributed by atoms with Gasteiger partial charge in [-0.05, 0) is 60.0 Å². The topological polar surface area (TPSA) is 50.9 Å². The van der Waals surface area contributed by atoms with Gasteiger partial charge in [-0.15, -0.1) is 0 Å². The number of alkyl halides is 3. The molecule has 3 rings (SSSR count). The van der Waals surface area contributed by atoms with Crippen molar-refractivity contribution in [2.24, 2.45) is 0 Å². The lowest BCUT2D eigenvalue weighted by Gasteiger charge is -2.29. The first kappa shape index (κ1) is 20.4. The van der Waals surface area contributed by atoms with Crippen LogP contribution in [0.4, 0.5) is 13.2 Å². The van der Waals surface area contributed by atoms with Gasteiger partial charge in [-0.2, -0.15) is 18.3 Å². The van der Waals surface area contributed by atoms with E-state index in [2.05, 4.69) is 10.1 Å². The zero-order chi connectivity index (χ0) is 20.5. The number of nitrogens with zero attached hydrogens (tertiary/aromatic N) is 3. The van der Waals surface area contributed by atoms with Gasteiger partial charge in [-0.25, -0.2) is 9.67 Å². The summed E-state index contributed by atoms with van der Waals surface area (Å²) < 4.78 is 42.9. The molecule has 0 radical (unpaired) electrons. The van der Waals surface area contributed by atoms with E-state index in [0.717, 1.165) is 18.2 Å². The van der Waals surface area contributed by atoms with E-state index in [1.165, 1.54) is 30.3 Å². The van der Waals surface area contributed by atoms with Gasteiger partial charge in [0.15, 0.2) is 0 Å². The third-order valence-corrected chi connectivity index (χ3v) is 4.60. The van der Waals surface area contributed by atoms with Crippen molar-refractivity contribution in [1.29, 1.82) is 0 Å². The molecule has 0 saturated carbocycles. The maximum Gasteiger partial charge on any atom is 0.425 e. The predicted octanol–water partition coefficient (Wildman–Crippen LogP) is 5.43. The fourth-order valence-electron chi connectivity index (χ4n) is 2.72. The highest BCUT2D eigenvalue weighted by atomic mass is 35.5. The Kier molecular flexibility index (Phi) is 5.52. The average Bonchev–Trinajstić information content (AvgIpc) is 3.14. The Bertz CT molecular complexity index is 982. The maximum absolute atomic E-state index is 13.8. The minimum Gasteiger partial charge on any atom is -0.373 e. The van der Waals surface area contributed by atoms with Gasteiger partial charge < -0.3 is 5.11 Å². The number of aromatic nitrogens is 3. The van der Waals surface area contributed by atoms with Crippen molar-refractivity contribution in [2.75, 3.05) is 0 Å². The van der Waals surface area contributed by atoms with E-state index >= 15 is 0 Å². The molecule has 1 aromatic heterocycles. The van der Waals surface area contributed by atoms with Crippen molar-refractivity contribution < 1.29 is 18.3 Å². The Morgan fingerprint density at radius 2 is 1.68 bits per heavy atom. The van der Waals surface area contributed by atoms with E-state index in [0.29, 0.717) is 11.3 Å². The molecule has 1 N–H and O–H groups in total. The van der Waals surface area contributed by atoms with Crippen LogP contribution in [-0.2, 0) is 5.60 Å². The van der Waals surface area contributed by atoms with Crippen molar-refractivity contribution in [1.82, 2.24) is 14.8 Å². The number of allylic oxidation sites excluding steroid dienone is 1. The Morgan fingerprint density at radius 1 is 1.07 bits per heavy atom. The van der Waals surface area contributed by atoms with Crippen molar-refractivity contribution in [2.45, 2.75) is 18.7 Å². The van der Waals surface area contributed by atoms with Crippen LogP contribution < -0.4 is 0 Å². The Morgan fingerprint density at radius 3 is 2.18 bits per heavy atom. The number of hydrogen-bond acceptors (Lipinski definition) is 3. The highest BCUT2D eigenvalue weighted by Crippen LogP contribution is 2.43. The summed E-state index contributed by atoms with van der Waals surface area (Å²) in [4.78, 5) is 3.84. The van der Waals surface area contributed by atoms with Gasteiger partial charge in [-0.3, -0.25) is 0 Å². The minimum absolute atomic E-state index is 0.00610. The van der Waals surface area contributed by atoms with E-state index in [9.17, 15) is 18.3 Å². The standard InChI is InChI=1S/C19H14Cl2F3N3O/c1-12(13-2-4-17(5-3-13)27-11-25-10-26-27)9-18(28,19(22,23)24)14-6-15(20)8-16(21)7-14/h2-11,28H,1H3/b12-9+. The molecule has 146 valence electrons. The molecular weight excluding hydrogens is 414 g/mol. The second kappa shape index (κ2) is 7.58. The van der Waals surface area contributed by atoms with Crippen LogP contribution in [0.15, 0.2) is 61.2 Å². The molecule has 3 aromatic rings. The highest BCUT2D eigenvalue weighted by molar-refractivity contribution is 6.34. The maximum atomic E-state index is 13.8. The highest BCUT2D eigenvalue weighted by Gasteiger charge is 2.53. The lowest BCUT2D eigenvalue weighted by molar-refractivity contribution is -0.245. The van der Waals surface area contributed by atoms with Crippen LogP contribution in [0.5, 0.6) is 0 Å². The number of aliphatic hydroxyl groups is 1. The Labute approximate surface area is 168 Å². The molecule has 2 aromatic carbocycles. The minimum atomic E-state index is -4.98. The van der Waals surface area contributed by atoms with Gasteiger partial charge in [0, 0.05) is 10.0 Å². The van der Waals surface area contributed by atoms with Crippen molar-refractivity contribution in [3.8, 4) is 5.69 Å². The van der Waals surface area contributed by atoms with Crippen LogP contribution in [-0.4, -0.2) is 26.0 Å². The predicted molar refractivity (Wildman–Crippen MR) is 101 cm³/mol. The number of rotatable bonds is 4. The second-order valence-electron chi connectivity index (χ2n) is 6.14. The number of hydrogen-bond donors (Lipinski definition) is 1. The molecule has 0 fully saturated rings. The smallest absolute Gasteiger partial charge is 0.373 e. The number of halogens is 5. The third-order valence-electron chi connectivity index (χ3n) is 4.17. The van der Waals surface area contributed by atoms with Gasteiger partial charge in [0.1, 0.15) is 12.7 Å². The summed E-state index contributed by atoms with van der Waals surface area (Å²) in [5.74, 6) is 0. The fourth-order valence-corrected chi connectivity index (χ4v) is 3.24. The molecule has 28 heavy (non-hydrogen) atoms. The first-order valence-electron chi connectivity index (χ1n) is 8.01. The summed E-state index contributed by atoms with van der Waals surface area (Å²) in [5.41, 5.74) is -2.30. The molecule has 0 saturated heterocycles. The van der Waals surface area contributed by atoms with Gasteiger partial charge in [0.05, 0.1) is 5.69 Å². The fraction of sp³-hybridized carbons (Fsp3) is 0.158. The summed E-state index contributed by atoms with van der Waals surface area (Å²) in [7, 11) is 0. The molecule has 0 aliphatic carbocycles. The van der Waals surface area contributed by atoms with Gasteiger partial charge in [0.25, 0.3) is 0 Å². The third kappa shape index (κ3) is 4.06. The summed E-state index contributed by atoms with van der Waals surface area (Å²) in [6, 6.07) is 10.0. The van der Waals surface area contributed by atoms with Gasteiger partial charge in [-0.1, -0.05) is 35.3 Å². The first-order chi connectivity index (χ1) is 13.1. The molecule has 9 heteroatoms. The van der Waals surface area contributed by atoms with Crippen molar-refractivity contribution >= 4 is 28.8 Å². The van der Waals surface area contributed by atoms with Gasteiger partial charge >= 0.3 is 6.18 Å². The molecule has 0 aliphatic rings. The molecule has 0 aliphatic heterocycles. The molecule has 0 bridgehead atoms. The van der Waals surface area contributed by atoms with Crippen LogP contribution in [0, 0.1) is 0 Å². The van der Waals surface area contributed by atoms with Crippen LogP contribution in [0.2, 0.25) is 10.0 Å². The van der Waals surface area contributed by atoms with E-state index in [1.807, 2.05) is 0 Å². The van der Waals surface area contributed by atoms with Crippen molar-refractivity contribution in [3.05, 3.63) is 82.4 Å². The van der Waals surface area contributed by atoms with Crippen molar-refractivity contribution in [3.63, 3.8) is 0 Å². The summed E-state index contributed by atoms with van der Waals surface area (Å²) in [5, 5.41) is 14.5. The summed E-state index contributed by atoms with van der Waals surface area (Å²) in [6.07, 6.45) is -1.36. The molecule has 0 spiro atoms. The van der Waals surface area contributed by atoms with Gasteiger partial charge in [0.2, 0.25) is 5.60 Å². The van der Waals surface area contributed by atoms with Crippen LogP contribution in [0.3, 0.4) is 0 Å². The first-order valence-corrected chi connectivity index (χ1v) is 8.76. The average molecular weight is 428 g/mol. The zero-order valence-electron chi connectivity index (χ0n) is 14.5. The molecule has 4 nitrogen and oxygen atoms in total. The van der Waals surface area contributed by atoms with Crippen LogP contribution in [0.25, 0.3) is 11.3 Å². The van der Waals surface area contributed by atoms with Crippen LogP contribution >= 0.6 is 23.2 Å².